The third-order valence-corrected chi connectivity index (χ3v) is 7.67. The maximum atomic E-state index is 13.8. The van der Waals surface area contributed by atoms with Crippen molar-refractivity contribution in [2.24, 2.45) is 0 Å². The number of ether oxygens (including phenoxy) is 2. The molecule has 1 aliphatic rings. The number of hydrogen-bond acceptors (Lipinski definition) is 11. The highest BCUT2D eigenvalue weighted by Crippen LogP contribution is 2.47. The lowest BCUT2D eigenvalue weighted by Crippen LogP contribution is -2.47. The molecule has 0 aliphatic carbocycles. The average molecular weight is 647 g/mol. The van der Waals surface area contributed by atoms with Crippen molar-refractivity contribution >= 4 is 41.4 Å². The second-order valence-electron chi connectivity index (χ2n) is 9.07. The summed E-state index contributed by atoms with van der Waals surface area (Å²) in [5, 5.41) is 24.1. The van der Waals surface area contributed by atoms with Gasteiger partial charge >= 0.3 is 19.4 Å². The summed E-state index contributed by atoms with van der Waals surface area (Å²) in [6.07, 6.45) is -0.638. The van der Waals surface area contributed by atoms with Crippen LogP contribution in [0.25, 0.3) is 6.08 Å². The van der Waals surface area contributed by atoms with Crippen LogP contribution in [0.1, 0.15) is 39.0 Å². The van der Waals surface area contributed by atoms with E-state index in [1.54, 1.807) is 6.92 Å². The van der Waals surface area contributed by atoms with Gasteiger partial charge in [0.05, 0.1) is 29.8 Å². The number of halogens is 1. The van der Waals surface area contributed by atoms with E-state index in [1.807, 2.05) is 0 Å². The van der Waals surface area contributed by atoms with Gasteiger partial charge < -0.3 is 19.1 Å². The molecule has 2 aromatic rings. The van der Waals surface area contributed by atoms with E-state index in [9.17, 15) is 34.2 Å². The van der Waals surface area contributed by atoms with Crippen LogP contribution in [-0.4, -0.2) is 56.5 Å². The van der Waals surface area contributed by atoms with Gasteiger partial charge in [-0.05, 0) is 44.0 Å². The Morgan fingerprint density at radius 3 is 2.65 bits per heavy atom. The number of esters is 1. The Morgan fingerprint density at radius 1 is 1.38 bits per heavy atom. The second kappa shape index (κ2) is 13.0. The predicted molar refractivity (Wildman–Crippen MR) is 145 cm³/mol. The molecule has 15 nitrogen and oxygen atoms in total. The number of nitrogens with zero attached hydrogens (tertiary/aromatic N) is 2. The lowest BCUT2D eigenvalue weighted by atomic mass is 10.1. The molecule has 3 N–H and O–H groups in total. The minimum atomic E-state index is -4.42. The molecule has 2 heterocycles. The normalized spacial score (nSPS) is 20.8. The topological polar surface area (TPSA) is 201 Å². The standard InChI is InChI=1S/C23H28BrN4O11P/c1-4-36-21(31)23(2,3)26-40(35,39-16-7-5-15(6-8-16)28(33)34)37-13-18-17(29)11-19(38-18)27-12-14(9-10-24)20(30)25-22(27)32/h5-10,12,17-19,29H,4,11,13H2,1-3H3,(H,26,35)(H,25,30,32)/b10-9+/t17-,18-,19-,40?/m1/s1. The van der Waals surface area contributed by atoms with E-state index < -0.39 is 60.5 Å². The van der Waals surface area contributed by atoms with Gasteiger partial charge in [-0.3, -0.25) is 33.8 Å². The van der Waals surface area contributed by atoms with Crippen molar-refractivity contribution in [3.8, 4) is 5.75 Å². The highest BCUT2D eigenvalue weighted by molar-refractivity contribution is 9.11. The fourth-order valence-electron chi connectivity index (χ4n) is 3.66. The number of H-pyrrole nitrogens is 1. The van der Waals surface area contributed by atoms with Gasteiger partial charge in [0, 0.05) is 24.8 Å². The van der Waals surface area contributed by atoms with E-state index in [1.165, 1.54) is 43.2 Å². The van der Waals surface area contributed by atoms with Crippen LogP contribution in [-0.2, 0) is 23.4 Å². The average Bonchev–Trinajstić information content (AvgIpc) is 3.24. The van der Waals surface area contributed by atoms with Crippen molar-refractivity contribution in [3.63, 3.8) is 0 Å². The predicted octanol–water partition coefficient (Wildman–Crippen LogP) is 2.59. The Balaban J connectivity index is 1.82. The number of aromatic nitrogens is 2. The number of aliphatic hydroxyl groups is 1. The first kappa shape index (κ1) is 31.4. The molecule has 3 rings (SSSR count). The number of hydrogen-bond donors (Lipinski definition) is 3. The lowest BCUT2D eigenvalue weighted by molar-refractivity contribution is -0.384. The zero-order valence-electron chi connectivity index (χ0n) is 21.6. The minimum absolute atomic E-state index is 0.0546. The number of carbonyl (C=O) groups excluding carboxylic acids is 1. The Morgan fingerprint density at radius 2 is 2.05 bits per heavy atom. The molecule has 1 aromatic heterocycles. The van der Waals surface area contributed by atoms with Gasteiger partial charge in [0.15, 0.2) is 0 Å². The first-order valence-corrected chi connectivity index (χ1v) is 14.4. The molecule has 1 unspecified atom stereocenters. The summed E-state index contributed by atoms with van der Waals surface area (Å²) in [6, 6.07) is 4.66. The Labute approximate surface area is 236 Å². The number of nitrogens with one attached hydrogen (secondary N) is 2. The first-order valence-electron chi connectivity index (χ1n) is 11.9. The highest BCUT2D eigenvalue weighted by atomic mass is 79.9. The van der Waals surface area contributed by atoms with Gasteiger partial charge in [-0.25, -0.2) is 9.36 Å². The SMILES string of the molecule is CCOC(=O)C(C)(C)NP(=O)(OC[C@H]1O[C@@H](n2cc(/C=C/Br)c(=O)[nH]c2=O)C[C@H]1O)Oc1ccc([N+](=O)[O-])cc1. The maximum Gasteiger partial charge on any atom is 0.459 e. The Hall–Kier alpha value is -3.14. The van der Waals surface area contributed by atoms with Gasteiger partial charge in [0.25, 0.3) is 11.2 Å². The maximum absolute atomic E-state index is 13.8. The second-order valence-corrected chi connectivity index (χ2v) is 11.3. The van der Waals surface area contributed by atoms with Crippen LogP contribution in [0.3, 0.4) is 0 Å². The van der Waals surface area contributed by atoms with E-state index in [0.717, 1.165) is 16.7 Å². The molecule has 0 bridgehead atoms. The zero-order valence-corrected chi connectivity index (χ0v) is 24.1. The molecule has 1 fully saturated rings. The van der Waals surface area contributed by atoms with Crippen LogP contribution in [0.5, 0.6) is 5.75 Å². The van der Waals surface area contributed by atoms with Crippen LogP contribution >= 0.6 is 23.7 Å². The molecule has 4 atom stereocenters. The number of aromatic amines is 1. The fourth-order valence-corrected chi connectivity index (χ4v) is 5.62. The molecule has 1 saturated heterocycles. The van der Waals surface area contributed by atoms with E-state index >= 15 is 0 Å². The largest absolute Gasteiger partial charge is 0.465 e. The lowest BCUT2D eigenvalue weighted by Gasteiger charge is -2.29. The van der Waals surface area contributed by atoms with Gasteiger partial charge in [-0.1, -0.05) is 15.9 Å². The Bertz CT molecular complexity index is 1420. The monoisotopic (exact) mass is 646 g/mol. The third-order valence-electron chi connectivity index (χ3n) is 5.64. The summed E-state index contributed by atoms with van der Waals surface area (Å²) >= 11 is 3.07. The summed E-state index contributed by atoms with van der Waals surface area (Å²) < 4.78 is 36.8. The van der Waals surface area contributed by atoms with Crippen molar-refractivity contribution in [1.82, 2.24) is 14.6 Å². The molecule has 0 amide bonds. The van der Waals surface area contributed by atoms with Gasteiger partial charge in [0.1, 0.15) is 23.6 Å². The Kier molecular flexibility index (Phi) is 10.2. The number of benzene rings is 1. The van der Waals surface area contributed by atoms with Gasteiger partial charge in [-0.2, -0.15) is 5.09 Å². The van der Waals surface area contributed by atoms with Crippen LogP contribution in [0.4, 0.5) is 5.69 Å². The smallest absolute Gasteiger partial charge is 0.459 e. The van der Waals surface area contributed by atoms with Crippen molar-refractivity contribution in [1.29, 1.82) is 0 Å². The van der Waals surface area contributed by atoms with E-state index in [-0.39, 0.29) is 30.0 Å². The quantitative estimate of drug-likeness (QED) is 0.132. The number of nitro benzene ring substituents is 1. The zero-order chi connectivity index (χ0) is 29.7. The first-order chi connectivity index (χ1) is 18.8. The molecule has 0 spiro atoms. The van der Waals surface area contributed by atoms with Crippen LogP contribution in [0.15, 0.2) is 45.0 Å². The molecule has 0 saturated carbocycles. The summed E-state index contributed by atoms with van der Waals surface area (Å²) in [4.78, 5) is 50.7. The van der Waals surface area contributed by atoms with E-state index in [0.29, 0.717) is 0 Å². The van der Waals surface area contributed by atoms with Crippen LogP contribution < -0.4 is 20.9 Å². The highest BCUT2D eigenvalue weighted by Gasteiger charge is 2.43. The fraction of sp³-hybridized carbons (Fsp3) is 0.435. The van der Waals surface area contributed by atoms with Crippen LogP contribution in [0.2, 0.25) is 0 Å². The minimum Gasteiger partial charge on any atom is -0.465 e. The van der Waals surface area contributed by atoms with Crippen LogP contribution in [0, 0.1) is 10.1 Å². The third kappa shape index (κ3) is 7.74. The molecule has 40 heavy (non-hydrogen) atoms. The number of aliphatic hydroxyl groups excluding tert-OH is 1. The summed E-state index contributed by atoms with van der Waals surface area (Å²) in [6.45, 7) is 3.91. The molecule has 1 aliphatic heterocycles. The molecule has 1 aromatic carbocycles. The van der Waals surface area contributed by atoms with Crippen molar-refractivity contribution in [3.05, 3.63) is 72.0 Å². The number of nitro groups is 1. The number of rotatable bonds is 12. The molecule has 0 radical (unpaired) electrons. The van der Waals surface area contributed by atoms with E-state index in [4.69, 9.17) is 18.5 Å². The molecular formula is C23H28BrN4O11P. The van der Waals surface area contributed by atoms with E-state index in [2.05, 4.69) is 26.0 Å². The molecular weight excluding hydrogens is 619 g/mol. The summed E-state index contributed by atoms with van der Waals surface area (Å²) in [5.74, 6) is -0.826. The number of non-ortho nitro benzene ring substituents is 1. The van der Waals surface area contributed by atoms with Crippen molar-refractivity contribution in [2.75, 3.05) is 13.2 Å². The summed E-state index contributed by atoms with van der Waals surface area (Å²) in [7, 11) is -4.42. The molecule has 17 heteroatoms. The van der Waals surface area contributed by atoms with Gasteiger partial charge in [-0.15, -0.1) is 0 Å². The van der Waals surface area contributed by atoms with Gasteiger partial charge in [0.2, 0.25) is 0 Å². The molecule has 218 valence electrons. The number of carbonyl (C=O) groups is 1. The van der Waals surface area contributed by atoms with Crippen molar-refractivity contribution < 1.29 is 37.9 Å². The summed E-state index contributed by atoms with van der Waals surface area (Å²) in [5.41, 5.74) is -3.02. The van der Waals surface area contributed by atoms with Crippen molar-refractivity contribution in [2.45, 2.75) is 51.2 Å².